The molecule has 0 aromatic heterocycles. The standard InChI is InChI=1S/C36H52NOP/c1-24-20-26(3)32(27(4)21-24)37-34-36(28-14-10-8-11-15-28,18-19-39(34)29-16-12-9-13-17-29)31-23-25(2)22-30(33(31)38)35(5,6)7/h20-23,28-29,38H,8-19H2,1-7H3. The molecule has 0 spiro atoms. The van der Waals surface area contributed by atoms with Gasteiger partial charge in [0.25, 0.3) is 0 Å². The van der Waals surface area contributed by atoms with Crippen molar-refractivity contribution < 1.29 is 5.11 Å². The number of hydrogen-bond acceptors (Lipinski definition) is 2. The molecule has 3 heteroatoms. The zero-order valence-corrected chi connectivity index (χ0v) is 26.7. The Morgan fingerprint density at radius 3 is 1.95 bits per heavy atom. The molecule has 0 bridgehead atoms. The second-order valence-corrected chi connectivity index (χ2v) is 16.7. The molecule has 5 rings (SSSR count). The monoisotopic (exact) mass is 545 g/mol. The number of phenolic OH excluding ortho intramolecular Hbond substituents is 1. The molecule has 3 aliphatic rings. The normalized spacial score (nSPS) is 26.4. The number of nitrogens with zero attached hydrogens (tertiary/aromatic N) is 1. The molecule has 212 valence electrons. The minimum atomic E-state index is -0.340. The fourth-order valence-electron chi connectivity index (χ4n) is 8.29. The third-order valence-corrected chi connectivity index (χ3v) is 13.3. The molecule has 1 N–H and O–H groups in total. The second-order valence-electron chi connectivity index (χ2n) is 14.2. The summed E-state index contributed by atoms with van der Waals surface area (Å²) < 4.78 is 0. The number of aliphatic imine (C=N–C) groups is 1. The highest BCUT2D eigenvalue weighted by molar-refractivity contribution is 7.76. The smallest absolute Gasteiger partial charge is 0.123 e. The third kappa shape index (κ3) is 5.49. The lowest BCUT2D eigenvalue weighted by Crippen LogP contribution is -2.41. The molecule has 1 heterocycles. The highest BCUT2D eigenvalue weighted by Crippen LogP contribution is 2.66. The van der Waals surface area contributed by atoms with Gasteiger partial charge in [0.15, 0.2) is 0 Å². The Morgan fingerprint density at radius 2 is 1.36 bits per heavy atom. The molecule has 2 nitrogen and oxygen atoms in total. The van der Waals surface area contributed by atoms with Crippen molar-refractivity contribution in [3.8, 4) is 5.75 Å². The Kier molecular flexibility index (Phi) is 8.37. The lowest BCUT2D eigenvalue weighted by Gasteiger charge is -2.43. The first-order chi connectivity index (χ1) is 18.5. The molecule has 2 aromatic carbocycles. The van der Waals surface area contributed by atoms with Crippen molar-refractivity contribution in [2.45, 2.75) is 136 Å². The first kappa shape index (κ1) is 28.9. The first-order valence-corrected chi connectivity index (χ1v) is 17.4. The van der Waals surface area contributed by atoms with Crippen LogP contribution in [-0.2, 0) is 10.8 Å². The van der Waals surface area contributed by atoms with Crippen LogP contribution in [0.4, 0.5) is 5.69 Å². The zero-order valence-electron chi connectivity index (χ0n) is 25.8. The largest absolute Gasteiger partial charge is 0.507 e. The molecule has 0 amide bonds. The number of rotatable bonds is 4. The van der Waals surface area contributed by atoms with Crippen LogP contribution in [0.5, 0.6) is 5.75 Å². The molecule has 2 atom stereocenters. The van der Waals surface area contributed by atoms with Crippen molar-refractivity contribution in [3.05, 3.63) is 57.6 Å². The van der Waals surface area contributed by atoms with Gasteiger partial charge >= 0.3 is 0 Å². The molecule has 2 aliphatic carbocycles. The van der Waals surface area contributed by atoms with Gasteiger partial charge in [-0.2, -0.15) is 0 Å². The van der Waals surface area contributed by atoms with Crippen molar-refractivity contribution in [3.63, 3.8) is 0 Å². The van der Waals surface area contributed by atoms with E-state index >= 15 is 0 Å². The third-order valence-electron chi connectivity index (χ3n) is 10.1. The minimum Gasteiger partial charge on any atom is -0.507 e. The van der Waals surface area contributed by atoms with Crippen molar-refractivity contribution in [1.29, 1.82) is 0 Å². The van der Waals surface area contributed by atoms with E-state index in [-0.39, 0.29) is 18.8 Å². The highest BCUT2D eigenvalue weighted by atomic mass is 31.1. The average molecular weight is 546 g/mol. The summed E-state index contributed by atoms with van der Waals surface area (Å²) >= 11 is 0. The topological polar surface area (TPSA) is 32.6 Å². The van der Waals surface area contributed by atoms with Gasteiger partial charge in [0.2, 0.25) is 0 Å². The molecule has 3 fully saturated rings. The number of hydrogen-bond donors (Lipinski definition) is 1. The summed E-state index contributed by atoms with van der Waals surface area (Å²) in [6.07, 6.45) is 15.8. The van der Waals surface area contributed by atoms with Crippen LogP contribution in [-0.4, -0.2) is 22.4 Å². The van der Waals surface area contributed by atoms with E-state index in [1.54, 1.807) is 0 Å². The highest BCUT2D eigenvalue weighted by Gasteiger charge is 2.54. The Labute approximate surface area is 239 Å². The van der Waals surface area contributed by atoms with E-state index in [1.165, 1.54) is 109 Å². The molecule has 0 radical (unpaired) electrons. The van der Waals surface area contributed by atoms with E-state index in [2.05, 4.69) is 72.7 Å². The SMILES string of the molecule is Cc1cc(C)c(N=C2P(C3CCCCC3)CCC2(c2cc(C)cc(C(C)(C)C)c2O)C2CCCCC2)c(C)c1. The van der Waals surface area contributed by atoms with Crippen LogP contribution >= 0.6 is 7.92 Å². The minimum absolute atomic E-state index is 0.104. The molecular weight excluding hydrogens is 493 g/mol. The Balaban J connectivity index is 1.80. The summed E-state index contributed by atoms with van der Waals surface area (Å²) in [7, 11) is -0.340. The molecule has 2 aromatic rings. The van der Waals surface area contributed by atoms with Gasteiger partial charge in [-0.05, 0) is 99.6 Å². The lowest BCUT2D eigenvalue weighted by atomic mass is 9.63. The Hall–Kier alpha value is -1.66. The predicted octanol–water partition coefficient (Wildman–Crippen LogP) is 10.7. The summed E-state index contributed by atoms with van der Waals surface area (Å²) in [6, 6.07) is 9.23. The van der Waals surface area contributed by atoms with Crippen LogP contribution in [0, 0.1) is 33.6 Å². The van der Waals surface area contributed by atoms with Gasteiger partial charge in [-0.15, -0.1) is 0 Å². The number of aryl methyl sites for hydroxylation is 4. The van der Waals surface area contributed by atoms with E-state index in [9.17, 15) is 5.11 Å². The van der Waals surface area contributed by atoms with Gasteiger partial charge in [0.1, 0.15) is 5.75 Å². The summed E-state index contributed by atoms with van der Waals surface area (Å²) in [4.78, 5) is 5.86. The molecule has 2 saturated carbocycles. The first-order valence-electron chi connectivity index (χ1n) is 15.8. The van der Waals surface area contributed by atoms with Gasteiger partial charge in [0, 0.05) is 11.0 Å². The second kappa shape index (κ2) is 11.3. The lowest BCUT2D eigenvalue weighted by molar-refractivity contribution is 0.256. The van der Waals surface area contributed by atoms with E-state index in [0.717, 1.165) is 17.6 Å². The van der Waals surface area contributed by atoms with E-state index in [0.29, 0.717) is 11.7 Å². The Bertz CT molecular complexity index is 1200. The van der Waals surface area contributed by atoms with Gasteiger partial charge in [-0.25, -0.2) is 0 Å². The number of aromatic hydroxyl groups is 1. The molecule has 2 unspecified atom stereocenters. The average Bonchev–Trinajstić information content (AvgIpc) is 3.27. The maximum Gasteiger partial charge on any atom is 0.123 e. The summed E-state index contributed by atoms with van der Waals surface area (Å²) in [5, 5.41) is 12.2. The van der Waals surface area contributed by atoms with Crippen LogP contribution in [0.1, 0.15) is 125 Å². The van der Waals surface area contributed by atoms with E-state index in [4.69, 9.17) is 4.99 Å². The maximum atomic E-state index is 12.2. The van der Waals surface area contributed by atoms with Gasteiger partial charge < -0.3 is 5.11 Å². The van der Waals surface area contributed by atoms with Gasteiger partial charge in [-0.3, -0.25) is 4.99 Å². The fourth-order valence-corrected chi connectivity index (χ4v) is 11.9. The number of benzene rings is 2. The molecular formula is C36H52NOP. The van der Waals surface area contributed by atoms with Crippen molar-refractivity contribution in [2.24, 2.45) is 10.9 Å². The van der Waals surface area contributed by atoms with Crippen molar-refractivity contribution in [1.82, 2.24) is 0 Å². The molecule has 39 heavy (non-hydrogen) atoms. The van der Waals surface area contributed by atoms with Gasteiger partial charge in [-0.1, -0.05) is 103 Å². The van der Waals surface area contributed by atoms with Crippen LogP contribution in [0.2, 0.25) is 0 Å². The molecule has 1 saturated heterocycles. The fraction of sp³-hybridized carbons (Fsp3) is 0.639. The summed E-state index contributed by atoms with van der Waals surface area (Å²) in [5.41, 5.74) is 10.7. The van der Waals surface area contributed by atoms with E-state index in [1.807, 2.05) is 0 Å². The summed E-state index contributed by atoms with van der Waals surface area (Å²) in [6.45, 7) is 15.7. The van der Waals surface area contributed by atoms with Gasteiger partial charge in [0.05, 0.1) is 11.1 Å². The zero-order chi connectivity index (χ0) is 27.9. The Morgan fingerprint density at radius 1 is 0.795 bits per heavy atom. The van der Waals surface area contributed by atoms with Crippen LogP contribution in [0.3, 0.4) is 0 Å². The van der Waals surface area contributed by atoms with E-state index < -0.39 is 0 Å². The van der Waals surface area contributed by atoms with Crippen LogP contribution < -0.4 is 0 Å². The molecule has 1 aliphatic heterocycles. The summed E-state index contributed by atoms with van der Waals surface area (Å²) in [5.74, 6) is 1.12. The van der Waals surface area contributed by atoms with Crippen molar-refractivity contribution >= 4 is 19.1 Å². The quantitative estimate of drug-likeness (QED) is 0.381. The van der Waals surface area contributed by atoms with Crippen molar-refractivity contribution in [2.75, 3.05) is 6.16 Å². The van der Waals surface area contributed by atoms with Crippen LogP contribution in [0.15, 0.2) is 29.3 Å². The van der Waals surface area contributed by atoms with Crippen LogP contribution in [0.25, 0.3) is 0 Å². The number of phenols is 1. The predicted molar refractivity (Wildman–Crippen MR) is 171 cm³/mol. The maximum absolute atomic E-state index is 12.2.